The van der Waals surface area contributed by atoms with Crippen LogP contribution < -0.4 is 0 Å². The number of halogens is 7. The first-order valence-electron chi connectivity index (χ1n) is 41.2. The summed E-state index contributed by atoms with van der Waals surface area (Å²) in [4.78, 5) is 0. The third-order valence-electron chi connectivity index (χ3n) is 15.7. The molecule has 1 heterocycles. The van der Waals surface area contributed by atoms with Crippen molar-refractivity contribution in [2.24, 2.45) is 88.1 Å². The summed E-state index contributed by atoms with van der Waals surface area (Å²) in [7, 11) is 1.76. The number of ether oxygens (including phenoxy) is 2. The van der Waals surface area contributed by atoms with Crippen molar-refractivity contribution in [3.8, 4) is 0 Å². The second kappa shape index (κ2) is 50.4. The maximum absolute atomic E-state index is 13.3. The highest BCUT2D eigenvalue weighted by Crippen LogP contribution is 2.48. The fourth-order valence-electron chi connectivity index (χ4n) is 13.9. The molecule has 0 bridgehead atoms. The third-order valence-corrected chi connectivity index (χ3v) is 15.7. The van der Waals surface area contributed by atoms with Gasteiger partial charge in [0.25, 0.3) is 0 Å². The van der Waals surface area contributed by atoms with Crippen molar-refractivity contribution in [3.05, 3.63) is 0 Å². The monoisotopic (exact) mass is 1490 g/mol. The van der Waals surface area contributed by atoms with Crippen molar-refractivity contribution in [3.63, 3.8) is 0 Å². The molecule has 0 radical (unpaired) electrons. The Morgan fingerprint density at radius 2 is 0.602 bits per heavy atom. The standard InChI is InChI=1S/3C9H19F.C9H18O.C9H20O.2C9H20.C8H15F.C8H17F.C8H18.C7H14F2/c3*1-6-9(5,10)7-8(2,3)4;1-8(2,3)5-9(4)6-10-7-9;1-8(7-10-5)6-9(2,3)4;1-8(2,3)7-9(4,5)6;1-6-8(2)7-9(3,4)5;1-7(2,3)6-8(9)4-5-8;1-5-7(9)6-8(2,3)4;1-7(2)6-8(3,4)5;1-6(2,3)5-7(4,8)9/h3*6-7H2,1-5H3;5-7H2,1-4H3;8H,6-7H2,1-5H3;7H2,1-6H3;8H,6-7H2,1-5H3;4-6H2,1-3H3;7H,5-6H2,1-4H3;7H,6H2,1-5H3;5H2,1-4H3. The largest absolute Gasteiger partial charge is 0.384 e. The fraction of sp³-hybridized carbons (Fsp3) is 1.00. The molecular weight excluding hydrogens is 1290 g/mol. The lowest BCUT2D eigenvalue weighted by Crippen LogP contribution is -2.42. The SMILES string of the molecule is CC(C)(C)CC(C)(C)C.CC(C)(C)CC(C)(F)F.CC(C)(C)CC1(C)COC1.CC(C)(C)CC1(F)CC1.CC(C)CC(C)(C)C.CCC(C)(F)CC(C)(C)C.CCC(C)(F)CC(C)(C)C.CCC(C)(F)CC(C)(C)C.CCC(C)CC(C)(C)C.CCC(F)CC(C)(C)C.COCC(C)CC(C)(C)C. The average molecular weight is 1490 g/mol. The van der Waals surface area contributed by atoms with Crippen LogP contribution in [0.5, 0.6) is 0 Å². The predicted octanol–water partition coefficient (Wildman–Crippen LogP) is 35.0. The van der Waals surface area contributed by atoms with E-state index in [1.165, 1.54) is 38.5 Å². The summed E-state index contributed by atoms with van der Waals surface area (Å²) in [6, 6.07) is 0. The number of hydrogen-bond donors (Lipinski definition) is 0. The van der Waals surface area contributed by atoms with Crippen LogP contribution >= 0.6 is 0 Å². The summed E-state index contributed by atoms with van der Waals surface area (Å²) in [6.07, 6.45) is 14.6. The molecule has 6 unspecified atom stereocenters. The van der Waals surface area contributed by atoms with E-state index in [0.29, 0.717) is 95.2 Å². The normalized spacial score (nSPS) is 17.5. The number of rotatable bonds is 17. The Balaban J connectivity index is -0.000000135. The van der Waals surface area contributed by atoms with Gasteiger partial charge in [0.1, 0.15) is 28.8 Å². The third kappa shape index (κ3) is 123. The van der Waals surface area contributed by atoms with Crippen LogP contribution in [0.1, 0.15) is 462 Å². The van der Waals surface area contributed by atoms with Gasteiger partial charge >= 0.3 is 0 Å². The van der Waals surface area contributed by atoms with Crippen molar-refractivity contribution in [1.82, 2.24) is 0 Å². The molecule has 6 atom stereocenters. The summed E-state index contributed by atoms with van der Waals surface area (Å²) in [5, 5.41) is 0. The molecule has 2 fully saturated rings. The minimum atomic E-state index is -2.52. The Bertz CT molecular complexity index is 1740. The van der Waals surface area contributed by atoms with Crippen molar-refractivity contribution in [2.75, 3.05) is 26.9 Å². The molecule has 0 aromatic heterocycles. The summed E-state index contributed by atoms with van der Waals surface area (Å²) >= 11 is 0. The van der Waals surface area contributed by atoms with Gasteiger partial charge in [0.2, 0.25) is 5.92 Å². The van der Waals surface area contributed by atoms with Gasteiger partial charge in [-0.05, 0) is 213 Å². The lowest BCUT2D eigenvalue weighted by atomic mass is 9.74. The first kappa shape index (κ1) is 121. The second-order valence-electron chi connectivity index (χ2n) is 48.6. The molecule has 1 aliphatic carbocycles. The van der Waals surface area contributed by atoms with Crippen LogP contribution in [0.2, 0.25) is 0 Å². The van der Waals surface area contributed by atoms with Gasteiger partial charge < -0.3 is 9.47 Å². The minimum absolute atomic E-state index is 0.0417. The van der Waals surface area contributed by atoms with Gasteiger partial charge in [0.15, 0.2) is 0 Å². The van der Waals surface area contributed by atoms with Crippen molar-refractivity contribution < 1.29 is 40.2 Å². The van der Waals surface area contributed by atoms with Crippen molar-refractivity contribution in [1.29, 1.82) is 0 Å². The number of methoxy groups -OCH3 is 1. The van der Waals surface area contributed by atoms with Crippen LogP contribution in [0, 0.1) is 88.1 Å². The maximum Gasteiger partial charge on any atom is 0.245 e. The van der Waals surface area contributed by atoms with Crippen molar-refractivity contribution in [2.45, 2.75) is 497 Å². The lowest BCUT2D eigenvalue weighted by molar-refractivity contribution is -0.119. The first-order valence-corrected chi connectivity index (χ1v) is 41.2. The molecule has 103 heavy (non-hydrogen) atoms. The van der Waals surface area contributed by atoms with Crippen LogP contribution in [-0.4, -0.2) is 61.7 Å². The Morgan fingerprint density at radius 1 is 0.340 bits per heavy atom. The molecule has 2 aliphatic rings. The van der Waals surface area contributed by atoms with Crippen LogP contribution in [0.25, 0.3) is 0 Å². The lowest BCUT2D eigenvalue weighted by Gasteiger charge is -2.42. The molecule has 0 N–H and O–H groups in total. The molecule has 1 saturated carbocycles. The zero-order valence-corrected chi connectivity index (χ0v) is 80.6. The number of alkyl halides is 7. The van der Waals surface area contributed by atoms with Gasteiger partial charge in [-0.15, -0.1) is 0 Å². The Morgan fingerprint density at radius 3 is 0.680 bits per heavy atom. The topological polar surface area (TPSA) is 18.5 Å². The first-order chi connectivity index (χ1) is 44.3. The minimum Gasteiger partial charge on any atom is -0.384 e. The molecule has 2 rings (SSSR count). The molecule has 0 spiro atoms. The number of hydrogen-bond acceptors (Lipinski definition) is 2. The van der Waals surface area contributed by atoms with E-state index in [4.69, 9.17) is 9.47 Å². The van der Waals surface area contributed by atoms with Gasteiger partial charge in [0.05, 0.1) is 13.2 Å². The van der Waals surface area contributed by atoms with Gasteiger partial charge in [-0.1, -0.05) is 325 Å². The van der Waals surface area contributed by atoms with Gasteiger partial charge in [-0.3, -0.25) is 0 Å². The molecule has 0 aromatic rings. The molecule has 9 heteroatoms. The van der Waals surface area contributed by atoms with Gasteiger partial charge in [-0.2, -0.15) is 0 Å². The molecule has 636 valence electrons. The molecule has 0 amide bonds. The van der Waals surface area contributed by atoms with Crippen LogP contribution in [0.15, 0.2) is 0 Å². The Kier molecular flexibility index (Phi) is 59.1. The second-order valence-corrected chi connectivity index (χ2v) is 48.6. The predicted molar refractivity (Wildman–Crippen MR) is 457 cm³/mol. The van der Waals surface area contributed by atoms with E-state index >= 15 is 0 Å². The van der Waals surface area contributed by atoms with E-state index in [9.17, 15) is 30.7 Å². The van der Waals surface area contributed by atoms with Crippen LogP contribution in [-0.2, 0) is 9.47 Å². The maximum atomic E-state index is 13.3. The fourth-order valence-corrected chi connectivity index (χ4v) is 13.9. The Labute approximate surface area is 648 Å². The summed E-state index contributed by atoms with van der Waals surface area (Å²) in [6.45, 7) is 108. The van der Waals surface area contributed by atoms with E-state index in [2.05, 4.69) is 270 Å². The highest BCUT2D eigenvalue weighted by molar-refractivity contribution is 4.96. The highest BCUT2D eigenvalue weighted by atomic mass is 19.3. The molecule has 1 saturated heterocycles. The van der Waals surface area contributed by atoms with Gasteiger partial charge in [-0.25, -0.2) is 30.7 Å². The van der Waals surface area contributed by atoms with Crippen LogP contribution in [0.4, 0.5) is 30.7 Å². The summed E-state index contributed by atoms with van der Waals surface area (Å²) in [5.74, 6) is -0.0943. The molecular formula is C94H199F7O2. The van der Waals surface area contributed by atoms with Crippen molar-refractivity contribution >= 4 is 0 Å². The Hall–Kier alpha value is -0.570. The van der Waals surface area contributed by atoms with E-state index in [1.807, 2.05) is 48.5 Å². The zero-order chi connectivity index (χ0) is 85.6. The molecule has 0 aromatic carbocycles. The smallest absolute Gasteiger partial charge is 0.245 e. The van der Waals surface area contributed by atoms with E-state index in [0.717, 1.165) is 57.8 Å². The van der Waals surface area contributed by atoms with Gasteiger partial charge in [0, 0.05) is 25.6 Å². The van der Waals surface area contributed by atoms with Crippen LogP contribution in [0.3, 0.4) is 0 Å². The van der Waals surface area contributed by atoms with E-state index in [1.54, 1.807) is 27.9 Å². The summed E-state index contributed by atoms with van der Waals surface area (Å²) in [5.41, 5.74) is 0.0965. The molecule has 1 aliphatic heterocycles. The zero-order valence-electron chi connectivity index (χ0n) is 80.6. The molecule has 2 nitrogen and oxygen atoms in total. The quantitative estimate of drug-likeness (QED) is 0.135. The summed E-state index contributed by atoms with van der Waals surface area (Å²) < 4.78 is 100. The van der Waals surface area contributed by atoms with E-state index < -0.39 is 34.8 Å². The highest BCUT2D eigenvalue weighted by Gasteiger charge is 2.45. The van der Waals surface area contributed by atoms with E-state index in [-0.39, 0.29) is 38.9 Å². The average Bonchev–Trinajstić information content (AvgIpc) is 1.74.